The van der Waals surface area contributed by atoms with E-state index in [1.54, 1.807) is 0 Å². The van der Waals surface area contributed by atoms with Crippen LogP contribution in [0.3, 0.4) is 0 Å². The van der Waals surface area contributed by atoms with Gasteiger partial charge in [0.15, 0.2) is 0 Å². The van der Waals surface area contributed by atoms with Gasteiger partial charge >= 0.3 is 0 Å². The van der Waals surface area contributed by atoms with Gasteiger partial charge in [0.25, 0.3) is 0 Å². The molecule has 2 aliphatic heterocycles. The van der Waals surface area contributed by atoms with Crippen LogP contribution in [0.2, 0.25) is 0 Å². The van der Waals surface area contributed by atoms with Gasteiger partial charge in [-0.2, -0.15) is 0 Å². The van der Waals surface area contributed by atoms with Crippen molar-refractivity contribution < 1.29 is 9.59 Å². The number of carbonyl (C=O) groups is 2. The molecular weight excluding hydrogens is 266 g/mol. The Labute approximate surface area is 128 Å². The van der Waals surface area contributed by atoms with E-state index in [0.717, 1.165) is 52.1 Å². The molecule has 120 valence electrons. The minimum Gasteiger partial charge on any atom is -0.343 e. The number of carbonyl (C=O) groups excluding carboxylic acids is 2. The first-order valence-corrected chi connectivity index (χ1v) is 8.33. The van der Waals surface area contributed by atoms with Crippen molar-refractivity contribution in [2.24, 2.45) is 5.92 Å². The molecule has 0 spiro atoms. The maximum Gasteiger partial charge on any atom is 0.225 e. The Kier molecular flexibility index (Phi) is 5.62. The van der Waals surface area contributed by atoms with Gasteiger partial charge in [0.1, 0.15) is 0 Å². The fourth-order valence-corrected chi connectivity index (χ4v) is 3.38. The number of hydrogen-bond donors (Lipinski definition) is 0. The second kappa shape index (κ2) is 7.25. The van der Waals surface area contributed by atoms with Crippen LogP contribution in [0, 0.1) is 5.92 Å². The van der Waals surface area contributed by atoms with Gasteiger partial charge in [-0.1, -0.05) is 20.8 Å². The van der Waals surface area contributed by atoms with Crippen LogP contribution in [0.5, 0.6) is 0 Å². The van der Waals surface area contributed by atoms with E-state index in [4.69, 9.17) is 0 Å². The summed E-state index contributed by atoms with van der Waals surface area (Å²) < 4.78 is 0. The predicted octanol–water partition coefficient (Wildman–Crippen LogP) is 1.19. The number of hydrogen-bond acceptors (Lipinski definition) is 3. The van der Waals surface area contributed by atoms with Crippen molar-refractivity contribution in [2.45, 2.75) is 46.1 Å². The van der Waals surface area contributed by atoms with Gasteiger partial charge in [0, 0.05) is 57.6 Å². The average Bonchev–Trinajstić information content (AvgIpc) is 2.53. The van der Waals surface area contributed by atoms with Crippen LogP contribution in [0.25, 0.3) is 0 Å². The van der Waals surface area contributed by atoms with E-state index in [2.05, 4.69) is 4.90 Å². The Balaban J connectivity index is 1.76. The Morgan fingerprint density at radius 1 is 0.952 bits per heavy atom. The zero-order valence-electron chi connectivity index (χ0n) is 13.7. The van der Waals surface area contributed by atoms with Gasteiger partial charge in [-0.3, -0.25) is 14.5 Å². The summed E-state index contributed by atoms with van der Waals surface area (Å²) >= 11 is 0. The predicted molar refractivity (Wildman–Crippen MR) is 82.9 cm³/mol. The smallest absolute Gasteiger partial charge is 0.225 e. The largest absolute Gasteiger partial charge is 0.343 e. The quantitative estimate of drug-likeness (QED) is 0.785. The highest BCUT2D eigenvalue weighted by atomic mass is 16.2. The summed E-state index contributed by atoms with van der Waals surface area (Å²) in [6.45, 7) is 11.3. The monoisotopic (exact) mass is 295 g/mol. The molecule has 0 radical (unpaired) electrons. The van der Waals surface area contributed by atoms with Crippen LogP contribution in [-0.4, -0.2) is 71.8 Å². The van der Waals surface area contributed by atoms with Gasteiger partial charge in [-0.05, 0) is 12.8 Å². The Hall–Kier alpha value is -1.10. The molecule has 0 aromatic carbocycles. The van der Waals surface area contributed by atoms with E-state index < -0.39 is 0 Å². The topological polar surface area (TPSA) is 43.9 Å². The molecule has 2 heterocycles. The minimum atomic E-state index is 0.0971. The molecule has 2 fully saturated rings. The van der Waals surface area contributed by atoms with E-state index >= 15 is 0 Å². The molecule has 2 saturated heterocycles. The van der Waals surface area contributed by atoms with Crippen LogP contribution in [0.1, 0.15) is 40.0 Å². The highest BCUT2D eigenvalue weighted by Gasteiger charge is 2.30. The molecule has 5 heteroatoms. The molecule has 2 rings (SSSR count). The summed E-state index contributed by atoms with van der Waals surface area (Å²) in [6, 6.07) is 0.585. The van der Waals surface area contributed by atoms with Crippen molar-refractivity contribution in [3.8, 4) is 0 Å². The maximum absolute atomic E-state index is 12.0. The van der Waals surface area contributed by atoms with Crippen molar-refractivity contribution in [1.82, 2.24) is 14.7 Å². The lowest BCUT2D eigenvalue weighted by Crippen LogP contribution is -2.55. The SMILES string of the molecule is CCC(=O)N1CCC(N2CCN(C(=O)C(C)C)CC2)CC1. The molecule has 0 aliphatic carbocycles. The summed E-state index contributed by atoms with van der Waals surface area (Å²) in [4.78, 5) is 30.2. The second-order valence-corrected chi connectivity index (χ2v) is 6.48. The molecule has 0 unspecified atom stereocenters. The van der Waals surface area contributed by atoms with Gasteiger partial charge in [0.2, 0.25) is 11.8 Å². The molecule has 0 atom stereocenters. The lowest BCUT2D eigenvalue weighted by atomic mass is 10.0. The third-order valence-electron chi connectivity index (χ3n) is 4.76. The summed E-state index contributed by atoms with van der Waals surface area (Å²) in [6.07, 6.45) is 2.76. The fraction of sp³-hybridized carbons (Fsp3) is 0.875. The molecule has 2 amide bonds. The third-order valence-corrected chi connectivity index (χ3v) is 4.76. The van der Waals surface area contributed by atoms with Crippen LogP contribution in [0.15, 0.2) is 0 Å². The highest BCUT2D eigenvalue weighted by Crippen LogP contribution is 2.19. The number of piperidine rings is 1. The van der Waals surface area contributed by atoms with Gasteiger partial charge in [-0.15, -0.1) is 0 Å². The zero-order chi connectivity index (χ0) is 15.4. The molecular formula is C16H29N3O2. The number of amides is 2. The van der Waals surface area contributed by atoms with Crippen LogP contribution >= 0.6 is 0 Å². The summed E-state index contributed by atoms with van der Waals surface area (Å²) in [7, 11) is 0. The van der Waals surface area contributed by atoms with Crippen molar-refractivity contribution in [1.29, 1.82) is 0 Å². The molecule has 5 nitrogen and oxygen atoms in total. The first-order chi connectivity index (χ1) is 10.0. The van der Waals surface area contributed by atoms with E-state index in [1.807, 2.05) is 30.6 Å². The number of likely N-dealkylation sites (tertiary alicyclic amines) is 1. The number of rotatable bonds is 3. The van der Waals surface area contributed by atoms with Gasteiger partial charge in [-0.25, -0.2) is 0 Å². The van der Waals surface area contributed by atoms with Crippen LogP contribution < -0.4 is 0 Å². The summed E-state index contributed by atoms with van der Waals surface area (Å²) in [5, 5.41) is 0. The minimum absolute atomic E-state index is 0.0971. The van der Waals surface area contributed by atoms with E-state index in [1.165, 1.54) is 0 Å². The Morgan fingerprint density at radius 2 is 1.52 bits per heavy atom. The number of piperazine rings is 1. The summed E-state index contributed by atoms with van der Waals surface area (Å²) in [5.74, 6) is 0.652. The summed E-state index contributed by atoms with van der Waals surface area (Å²) in [5.41, 5.74) is 0. The van der Waals surface area contributed by atoms with Crippen molar-refractivity contribution in [3.63, 3.8) is 0 Å². The molecule has 0 aromatic rings. The lowest BCUT2D eigenvalue weighted by Gasteiger charge is -2.43. The second-order valence-electron chi connectivity index (χ2n) is 6.48. The van der Waals surface area contributed by atoms with Gasteiger partial charge < -0.3 is 9.80 Å². The van der Waals surface area contributed by atoms with Crippen LogP contribution in [-0.2, 0) is 9.59 Å². The zero-order valence-corrected chi connectivity index (χ0v) is 13.7. The molecule has 0 bridgehead atoms. The van der Waals surface area contributed by atoms with Crippen molar-refractivity contribution >= 4 is 11.8 Å². The normalized spacial score (nSPS) is 21.9. The van der Waals surface area contributed by atoms with E-state index in [0.29, 0.717) is 12.5 Å². The molecule has 21 heavy (non-hydrogen) atoms. The lowest BCUT2D eigenvalue weighted by molar-refractivity contribution is -0.137. The Morgan fingerprint density at radius 3 is 2.00 bits per heavy atom. The molecule has 2 aliphatic rings. The third kappa shape index (κ3) is 3.96. The number of nitrogens with zero attached hydrogens (tertiary/aromatic N) is 3. The van der Waals surface area contributed by atoms with E-state index in [9.17, 15) is 9.59 Å². The molecule has 0 saturated carbocycles. The van der Waals surface area contributed by atoms with Crippen molar-refractivity contribution in [2.75, 3.05) is 39.3 Å². The van der Waals surface area contributed by atoms with Crippen molar-refractivity contribution in [3.05, 3.63) is 0 Å². The standard InChI is InChI=1S/C16H29N3O2/c1-4-15(20)18-7-5-14(6-8-18)17-9-11-19(12-10-17)16(21)13(2)3/h13-14H,4-12H2,1-3H3. The first-order valence-electron chi connectivity index (χ1n) is 8.33. The first kappa shape index (κ1) is 16.3. The average molecular weight is 295 g/mol. The van der Waals surface area contributed by atoms with Gasteiger partial charge in [0.05, 0.1) is 0 Å². The highest BCUT2D eigenvalue weighted by molar-refractivity contribution is 5.78. The molecule has 0 N–H and O–H groups in total. The van der Waals surface area contributed by atoms with Crippen LogP contribution in [0.4, 0.5) is 0 Å². The molecule has 0 aromatic heterocycles. The maximum atomic E-state index is 12.0. The van der Waals surface area contributed by atoms with E-state index in [-0.39, 0.29) is 17.7 Å². The Bertz CT molecular complexity index is 368. The fourth-order valence-electron chi connectivity index (χ4n) is 3.38.